The minimum absolute atomic E-state index is 0.277. The lowest BCUT2D eigenvalue weighted by molar-refractivity contribution is 0.0697. The number of nitrogens with zero attached hydrogens (tertiary/aromatic N) is 1. The molecule has 0 aromatic heterocycles. The standard InChI is InChI=1S/C14H8INO2S/c15-12-7-9(8-16)1-6-13(12)19-11-4-2-10(3-5-11)14(17)18/h1-7H,(H,17,18). The predicted molar refractivity (Wildman–Crippen MR) is 81.4 cm³/mol. The van der Waals surface area contributed by atoms with E-state index >= 15 is 0 Å². The number of carboxylic acid groups (broad SMARTS) is 1. The van der Waals surface area contributed by atoms with E-state index in [1.54, 1.807) is 42.1 Å². The van der Waals surface area contributed by atoms with E-state index in [9.17, 15) is 4.79 Å². The lowest BCUT2D eigenvalue weighted by Gasteiger charge is -2.05. The molecule has 0 amide bonds. The quantitative estimate of drug-likeness (QED) is 0.817. The van der Waals surface area contributed by atoms with Crippen LogP contribution in [-0.4, -0.2) is 11.1 Å². The predicted octanol–water partition coefficient (Wildman–Crippen LogP) is 4.01. The molecule has 0 unspecified atom stereocenters. The Morgan fingerprint density at radius 2 is 1.89 bits per heavy atom. The third-order valence-electron chi connectivity index (χ3n) is 2.39. The molecular formula is C14H8INO2S. The first-order chi connectivity index (χ1) is 9.10. The summed E-state index contributed by atoms with van der Waals surface area (Å²) < 4.78 is 1.00. The lowest BCUT2D eigenvalue weighted by Crippen LogP contribution is -1.94. The lowest BCUT2D eigenvalue weighted by atomic mass is 10.2. The van der Waals surface area contributed by atoms with Crippen LogP contribution in [0.2, 0.25) is 0 Å². The summed E-state index contributed by atoms with van der Waals surface area (Å²) in [7, 11) is 0. The van der Waals surface area contributed by atoms with Gasteiger partial charge in [-0.25, -0.2) is 4.79 Å². The van der Waals surface area contributed by atoms with Gasteiger partial charge in [0.1, 0.15) is 0 Å². The number of rotatable bonds is 3. The fourth-order valence-corrected chi connectivity index (χ4v) is 3.11. The second-order valence-corrected chi connectivity index (χ2v) is 5.97. The minimum Gasteiger partial charge on any atom is -0.478 e. The van der Waals surface area contributed by atoms with Gasteiger partial charge in [0.25, 0.3) is 0 Å². The molecule has 19 heavy (non-hydrogen) atoms. The summed E-state index contributed by atoms with van der Waals surface area (Å²) in [5.41, 5.74) is 0.911. The molecule has 0 saturated carbocycles. The van der Waals surface area contributed by atoms with Crippen LogP contribution in [0.5, 0.6) is 0 Å². The minimum atomic E-state index is -0.926. The molecule has 0 radical (unpaired) electrons. The fraction of sp³-hybridized carbons (Fsp3) is 0. The third kappa shape index (κ3) is 3.49. The van der Waals surface area contributed by atoms with Crippen LogP contribution in [0.4, 0.5) is 0 Å². The van der Waals surface area contributed by atoms with Crippen LogP contribution in [0, 0.1) is 14.9 Å². The Morgan fingerprint density at radius 1 is 1.21 bits per heavy atom. The summed E-state index contributed by atoms with van der Waals surface area (Å²) in [6.07, 6.45) is 0. The number of benzene rings is 2. The van der Waals surface area contributed by atoms with Crippen LogP contribution in [0.25, 0.3) is 0 Å². The maximum absolute atomic E-state index is 10.8. The Balaban J connectivity index is 2.22. The molecule has 0 fully saturated rings. The van der Waals surface area contributed by atoms with Gasteiger partial charge in [-0.1, -0.05) is 11.8 Å². The van der Waals surface area contributed by atoms with Crippen molar-refractivity contribution in [2.75, 3.05) is 0 Å². The Kier molecular flexibility index (Phi) is 4.45. The average Bonchev–Trinajstić information content (AvgIpc) is 2.41. The van der Waals surface area contributed by atoms with E-state index in [4.69, 9.17) is 10.4 Å². The molecule has 0 aliphatic carbocycles. The van der Waals surface area contributed by atoms with Crippen molar-refractivity contribution in [3.8, 4) is 6.07 Å². The van der Waals surface area contributed by atoms with Crippen molar-refractivity contribution in [3.05, 3.63) is 57.2 Å². The molecule has 0 atom stereocenters. The molecule has 94 valence electrons. The average molecular weight is 381 g/mol. The van der Waals surface area contributed by atoms with Gasteiger partial charge in [-0.2, -0.15) is 5.26 Å². The summed E-state index contributed by atoms with van der Waals surface area (Å²) in [4.78, 5) is 12.8. The first kappa shape index (κ1) is 13.9. The van der Waals surface area contributed by atoms with Crippen LogP contribution < -0.4 is 0 Å². The molecule has 1 N–H and O–H groups in total. The van der Waals surface area contributed by atoms with Gasteiger partial charge in [-0.05, 0) is 65.1 Å². The van der Waals surface area contributed by atoms with Crippen molar-refractivity contribution in [1.29, 1.82) is 5.26 Å². The topological polar surface area (TPSA) is 61.1 Å². The normalized spacial score (nSPS) is 9.89. The highest BCUT2D eigenvalue weighted by Gasteiger charge is 2.05. The summed E-state index contributed by atoms with van der Waals surface area (Å²) in [6, 6.07) is 14.3. The Bertz CT molecular complexity index is 662. The molecule has 2 aromatic rings. The number of carbonyl (C=O) groups is 1. The molecule has 2 rings (SSSR count). The number of nitriles is 1. The van der Waals surface area contributed by atoms with Crippen molar-refractivity contribution >= 4 is 40.3 Å². The van der Waals surface area contributed by atoms with E-state index < -0.39 is 5.97 Å². The molecule has 0 spiro atoms. The van der Waals surface area contributed by atoms with Gasteiger partial charge in [0, 0.05) is 13.4 Å². The van der Waals surface area contributed by atoms with Crippen molar-refractivity contribution in [2.45, 2.75) is 9.79 Å². The van der Waals surface area contributed by atoms with Gasteiger partial charge in [0.15, 0.2) is 0 Å². The number of carboxylic acids is 1. The van der Waals surface area contributed by atoms with Gasteiger partial charge < -0.3 is 5.11 Å². The van der Waals surface area contributed by atoms with Crippen LogP contribution in [-0.2, 0) is 0 Å². The molecule has 2 aromatic carbocycles. The van der Waals surface area contributed by atoms with Gasteiger partial charge in [-0.3, -0.25) is 0 Å². The maximum atomic E-state index is 10.8. The smallest absolute Gasteiger partial charge is 0.335 e. The van der Waals surface area contributed by atoms with E-state index in [1.165, 1.54) is 0 Å². The van der Waals surface area contributed by atoms with E-state index in [1.807, 2.05) is 12.1 Å². The molecule has 5 heteroatoms. The molecule has 3 nitrogen and oxygen atoms in total. The van der Waals surface area contributed by atoms with Crippen LogP contribution in [0.3, 0.4) is 0 Å². The van der Waals surface area contributed by atoms with Crippen molar-refractivity contribution in [1.82, 2.24) is 0 Å². The number of hydrogen-bond donors (Lipinski definition) is 1. The molecule has 0 bridgehead atoms. The Labute approximate surface area is 128 Å². The summed E-state index contributed by atoms with van der Waals surface area (Å²) in [5, 5.41) is 17.6. The van der Waals surface area contributed by atoms with Crippen LogP contribution in [0.15, 0.2) is 52.3 Å². The van der Waals surface area contributed by atoms with E-state index in [0.29, 0.717) is 5.56 Å². The fourth-order valence-electron chi connectivity index (χ4n) is 1.45. The third-order valence-corrected chi connectivity index (χ3v) is 4.73. The summed E-state index contributed by atoms with van der Waals surface area (Å²) >= 11 is 3.73. The van der Waals surface area contributed by atoms with Crippen molar-refractivity contribution in [3.63, 3.8) is 0 Å². The first-order valence-electron chi connectivity index (χ1n) is 5.31. The van der Waals surface area contributed by atoms with Crippen LogP contribution >= 0.6 is 34.4 Å². The van der Waals surface area contributed by atoms with Crippen molar-refractivity contribution in [2.24, 2.45) is 0 Å². The van der Waals surface area contributed by atoms with Gasteiger partial charge in [0.05, 0.1) is 17.2 Å². The first-order valence-corrected chi connectivity index (χ1v) is 7.20. The van der Waals surface area contributed by atoms with E-state index in [2.05, 4.69) is 28.7 Å². The van der Waals surface area contributed by atoms with Gasteiger partial charge >= 0.3 is 5.97 Å². The number of hydrogen-bond acceptors (Lipinski definition) is 3. The highest BCUT2D eigenvalue weighted by Crippen LogP contribution is 2.31. The summed E-state index contributed by atoms with van der Waals surface area (Å²) in [6.45, 7) is 0. The van der Waals surface area contributed by atoms with E-state index in [-0.39, 0.29) is 5.56 Å². The second kappa shape index (κ2) is 6.08. The maximum Gasteiger partial charge on any atom is 0.335 e. The summed E-state index contributed by atoms with van der Waals surface area (Å²) in [5.74, 6) is -0.926. The Hall–Kier alpha value is -1.52. The largest absolute Gasteiger partial charge is 0.478 e. The zero-order valence-electron chi connectivity index (χ0n) is 9.63. The molecule has 0 aliphatic heterocycles. The Morgan fingerprint density at radius 3 is 2.42 bits per heavy atom. The van der Waals surface area contributed by atoms with Crippen LogP contribution in [0.1, 0.15) is 15.9 Å². The monoisotopic (exact) mass is 381 g/mol. The SMILES string of the molecule is N#Cc1ccc(Sc2ccc(C(=O)O)cc2)c(I)c1. The van der Waals surface area contributed by atoms with Gasteiger partial charge in [0.2, 0.25) is 0 Å². The highest BCUT2D eigenvalue weighted by molar-refractivity contribution is 14.1. The number of halogens is 1. The number of aromatic carboxylic acids is 1. The zero-order valence-corrected chi connectivity index (χ0v) is 12.6. The zero-order chi connectivity index (χ0) is 13.8. The highest BCUT2D eigenvalue weighted by atomic mass is 127. The van der Waals surface area contributed by atoms with Gasteiger partial charge in [-0.15, -0.1) is 0 Å². The molecule has 0 aliphatic rings. The molecule has 0 heterocycles. The van der Waals surface area contributed by atoms with Crippen molar-refractivity contribution < 1.29 is 9.90 Å². The molecular weight excluding hydrogens is 373 g/mol. The molecule has 0 saturated heterocycles. The second-order valence-electron chi connectivity index (χ2n) is 3.69. The van der Waals surface area contributed by atoms with E-state index in [0.717, 1.165) is 13.4 Å².